The second-order valence-electron chi connectivity index (χ2n) is 7.85. The third-order valence-electron chi connectivity index (χ3n) is 5.58. The number of benzene rings is 3. The lowest BCUT2D eigenvalue weighted by molar-refractivity contribution is -0.123. The molecule has 7 heteroatoms. The van der Waals surface area contributed by atoms with E-state index in [0.29, 0.717) is 18.1 Å². The maximum atomic E-state index is 13.1. The number of carbonyl (C=O) groups excluding carboxylic acids is 2. The van der Waals surface area contributed by atoms with Crippen LogP contribution in [0.15, 0.2) is 90.0 Å². The fourth-order valence-electron chi connectivity index (χ4n) is 3.90. The summed E-state index contributed by atoms with van der Waals surface area (Å²) in [5, 5.41) is 0.793. The van der Waals surface area contributed by atoms with Gasteiger partial charge < -0.3 is 9.30 Å². The van der Waals surface area contributed by atoms with Gasteiger partial charge in [-0.25, -0.2) is 0 Å². The zero-order valence-corrected chi connectivity index (χ0v) is 21.2. The van der Waals surface area contributed by atoms with E-state index in [1.165, 1.54) is 4.90 Å². The van der Waals surface area contributed by atoms with Crippen LogP contribution in [0.5, 0.6) is 5.75 Å². The third-order valence-corrected chi connectivity index (χ3v) is 7.20. The average molecular weight is 580 g/mol. The van der Waals surface area contributed by atoms with E-state index >= 15 is 0 Å². The molecule has 0 saturated carbocycles. The Labute approximate surface area is 215 Å². The molecule has 3 aromatic carbocycles. The topological polar surface area (TPSA) is 51.5 Å². The summed E-state index contributed by atoms with van der Waals surface area (Å²) < 4.78 is 9.10. The zero-order chi connectivity index (χ0) is 23.5. The average Bonchev–Trinajstić information content (AvgIpc) is 3.33. The molecular weight excluding hydrogens is 559 g/mol. The molecule has 0 unspecified atom stereocenters. The number of ether oxygens (including phenoxy) is 1. The van der Waals surface area contributed by atoms with E-state index in [1.54, 1.807) is 0 Å². The van der Waals surface area contributed by atoms with Gasteiger partial charge in [0.25, 0.3) is 11.1 Å². The molecule has 34 heavy (non-hydrogen) atoms. The van der Waals surface area contributed by atoms with Gasteiger partial charge in [0, 0.05) is 26.2 Å². The highest BCUT2D eigenvalue weighted by Crippen LogP contribution is 2.35. The summed E-state index contributed by atoms with van der Waals surface area (Å²) in [4.78, 5) is 27.4. The minimum atomic E-state index is -0.252. The Morgan fingerprint density at radius 2 is 1.65 bits per heavy atom. The molecule has 170 valence electrons. The van der Waals surface area contributed by atoms with E-state index in [1.807, 2.05) is 85.1 Å². The van der Waals surface area contributed by atoms with Crippen LogP contribution in [-0.2, 0) is 17.9 Å². The largest absolute Gasteiger partial charge is 0.492 e. The number of aromatic nitrogens is 1. The Bertz CT molecular complexity index is 1380. The molecule has 2 heterocycles. The number of imide groups is 1. The molecule has 0 bridgehead atoms. The number of hydrogen-bond donors (Lipinski definition) is 0. The van der Waals surface area contributed by atoms with Gasteiger partial charge in [0.05, 0.1) is 18.0 Å². The van der Waals surface area contributed by atoms with Crippen molar-refractivity contribution in [1.29, 1.82) is 0 Å². The van der Waals surface area contributed by atoms with Crippen LogP contribution in [0.3, 0.4) is 0 Å². The molecule has 5 nitrogen and oxygen atoms in total. The normalized spacial score (nSPS) is 15.0. The van der Waals surface area contributed by atoms with Gasteiger partial charge in [-0.2, -0.15) is 0 Å². The van der Waals surface area contributed by atoms with Crippen molar-refractivity contribution in [3.63, 3.8) is 0 Å². The Hall–Kier alpha value is -3.04. The number of thioether (sulfide) groups is 1. The lowest BCUT2D eigenvalue weighted by Gasteiger charge is -2.12. The molecule has 0 spiro atoms. The molecular formula is C27H21IN2O3S. The number of para-hydroxylation sites is 2. The number of rotatable bonds is 7. The molecule has 1 saturated heterocycles. The first-order valence-corrected chi connectivity index (χ1v) is 12.7. The Morgan fingerprint density at radius 3 is 2.44 bits per heavy atom. The molecule has 0 radical (unpaired) electrons. The summed E-state index contributed by atoms with van der Waals surface area (Å²) in [6, 6.07) is 25.6. The van der Waals surface area contributed by atoms with Gasteiger partial charge in [-0.3, -0.25) is 14.5 Å². The first-order chi connectivity index (χ1) is 16.6. The maximum Gasteiger partial charge on any atom is 0.293 e. The first kappa shape index (κ1) is 22.7. The van der Waals surface area contributed by atoms with Crippen LogP contribution in [0.2, 0.25) is 0 Å². The van der Waals surface area contributed by atoms with E-state index in [9.17, 15) is 9.59 Å². The number of hydrogen-bond acceptors (Lipinski definition) is 4. The number of halogens is 1. The van der Waals surface area contributed by atoms with E-state index in [-0.39, 0.29) is 17.7 Å². The van der Waals surface area contributed by atoms with E-state index in [4.69, 9.17) is 4.74 Å². The molecule has 0 atom stereocenters. The second kappa shape index (κ2) is 10.1. The number of nitrogens with zero attached hydrogens (tertiary/aromatic N) is 2. The SMILES string of the molecule is O=C1S/C(=C\c2cn(CCOc3ccccc3)c3ccccc23)C(=O)N1Cc1ccc(I)cc1. The third kappa shape index (κ3) is 4.90. The van der Waals surface area contributed by atoms with Crippen molar-refractivity contribution in [2.24, 2.45) is 0 Å². The Balaban J connectivity index is 1.36. The van der Waals surface area contributed by atoms with Crippen LogP contribution < -0.4 is 4.74 Å². The van der Waals surface area contributed by atoms with E-state index in [2.05, 4.69) is 33.2 Å². The van der Waals surface area contributed by atoms with Gasteiger partial charge in [-0.1, -0.05) is 48.5 Å². The fraction of sp³-hybridized carbons (Fsp3) is 0.111. The summed E-state index contributed by atoms with van der Waals surface area (Å²) in [5.74, 6) is 0.582. The van der Waals surface area contributed by atoms with E-state index < -0.39 is 0 Å². The molecule has 1 fully saturated rings. The summed E-state index contributed by atoms with van der Waals surface area (Å²) in [6.07, 6.45) is 3.85. The van der Waals surface area contributed by atoms with Crippen molar-refractivity contribution in [3.8, 4) is 5.75 Å². The van der Waals surface area contributed by atoms with Crippen LogP contribution in [0.4, 0.5) is 4.79 Å². The van der Waals surface area contributed by atoms with Crippen LogP contribution in [0.25, 0.3) is 17.0 Å². The van der Waals surface area contributed by atoms with Gasteiger partial charge >= 0.3 is 0 Å². The van der Waals surface area contributed by atoms with Gasteiger partial charge in [0.15, 0.2) is 0 Å². The van der Waals surface area contributed by atoms with Crippen molar-refractivity contribution >= 4 is 62.5 Å². The van der Waals surface area contributed by atoms with Crippen LogP contribution in [0, 0.1) is 3.57 Å². The Morgan fingerprint density at radius 1 is 0.912 bits per heavy atom. The molecule has 5 rings (SSSR count). The monoisotopic (exact) mass is 580 g/mol. The highest BCUT2D eigenvalue weighted by Gasteiger charge is 2.35. The minimum Gasteiger partial charge on any atom is -0.492 e. The first-order valence-electron chi connectivity index (χ1n) is 10.8. The predicted molar refractivity (Wildman–Crippen MR) is 145 cm³/mol. The quantitative estimate of drug-likeness (QED) is 0.184. The van der Waals surface area contributed by atoms with Crippen molar-refractivity contribution in [2.45, 2.75) is 13.1 Å². The fourth-order valence-corrected chi connectivity index (χ4v) is 5.09. The number of amides is 2. The Kier molecular flexibility index (Phi) is 6.73. The summed E-state index contributed by atoms with van der Waals surface area (Å²) >= 11 is 3.23. The lowest BCUT2D eigenvalue weighted by Crippen LogP contribution is -2.27. The molecule has 1 aromatic heterocycles. The molecule has 2 amide bonds. The molecule has 1 aliphatic heterocycles. The molecule has 1 aliphatic rings. The molecule has 0 N–H and O–H groups in total. The smallest absolute Gasteiger partial charge is 0.293 e. The van der Waals surface area contributed by atoms with Gasteiger partial charge in [0.2, 0.25) is 0 Å². The van der Waals surface area contributed by atoms with E-state index in [0.717, 1.165) is 43.1 Å². The minimum absolute atomic E-state index is 0.241. The summed E-state index contributed by atoms with van der Waals surface area (Å²) in [7, 11) is 0. The molecule has 4 aromatic rings. The zero-order valence-electron chi connectivity index (χ0n) is 18.2. The van der Waals surface area contributed by atoms with Crippen LogP contribution in [0.1, 0.15) is 11.1 Å². The van der Waals surface area contributed by atoms with Crippen LogP contribution >= 0.6 is 34.4 Å². The number of fused-ring (bicyclic) bond motifs is 1. The predicted octanol–water partition coefficient (Wildman–Crippen LogP) is 6.56. The van der Waals surface area contributed by atoms with Crippen molar-refractivity contribution in [2.75, 3.05) is 6.61 Å². The van der Waals surface area contributed by atoms with Crippen LogP contribution in [-0.4, -0.2) is 27.2 Å². The highest BCUT2D eigenvalue weighted by atomic mass is 127. The highest BCUT2D eigenvalue weighted by molar-refractivity contribution is 14.1. The number of carbonyl (C=O) groups is 2. The maximum absolute atomic E-state index is 13.1. The van der Waals surface area contributed by atoms with Crippen molar-refractivity contribution in [3.05, 3.63) is 105 Å². The summed E-state index contributed by atoms with van der Waals surface area (Å²) in [6.45, 7) is 1.46. The standard InChI is InChI=1S/C27H21IN2O3S/c28-21-12-10-19(11-13-21)17-30-26(31)25(34-27(30)32)16-20-18-29(24-9-5-4-8-23(20)24)14-15-33-22-6-2-1-3-7-22/h1-13,16,18H,14-15,17H2/b25-16-. The van der Waals surface area contributed by atoms with Crippen molar-refractivity contribution < 1.29 is 14.3 Å². The van der Waals surface area contributed by atoms with Crippen molar-refractivity contribution in [1.82, 2.24) is 9.47 Å². The summed E-state index contributed by atoms with van der Waals surface area (Å²) in [5.41, 5.74) is 2.90. The lowest BCUT2D eigenvalue weighted by atomic mass is 10.1. The second-order valence-corrected chi connectivity index (χ2v) is 10.1. The van der Waals surface area contributed by atoms with Gasteiger partial charge in [0.1, 0.15) is 12.4 Å². The van der Waals surface area contributed by atoms with Gasteiger partial charge in [-0.05, 0) is 76.3 Å². The molecule has 0 aliphatic carbocycles. The van der Waals surface area contributed by atoms with Gasteiger partial charge in [-0.15, -0.1) is 0 Å².